The molecule has 0 bridgehead atoms. The topological polar surface area (TPSA) is 26.0 Å². The van der Waals surface area contributed by atoms with E-state index in [1.165, 1.54) is 0 Å². The third-order valence-electron chi connectivity index (χ3n) is 2.57. The number of nitrogens with two attached hydrogens (primary N) is 1. The van der Waals surface area contributed by atoms with E-state index in [0.717, 1.165) is 32.5 Å². The Labute approximate surface area is 121 Å². The number of hydrogen-bond acceptors (Lipinski definition) is 2. The van der Waals surface area contributed by atoms with Crippen molar-refractivity contribution in [2.24, 2.45) is 0 Å². The second-order valence-corrected chi connectivity index (χ2v) is 5.93. The highest BCUT2D eigenvalue weighted by molar-refractivity contribution is 7.98. The number of hydrogen-bond donors (Lipinski definition) is 1. The quantitative estimate of drug-likeness (QED) is 0.624. The van der Waals surface area contributed by atoms with E-state index in [2.05, 4.69) is 6.07 Å². The molecule has 94 valence electrons. The second-order valence-electron chi connectivity index (χ2n) is 4.07. The van der Waals surface area contributed by atoms with Gasteiger partial charge in [-0.3, -0.25) is 0 Å². The Morgan fingerprint density at radius 2 is 1.89 bits per heavy atom. The molecule has 2 rings (SSSR count). The number of aryl methyl sites for hydroxylation is 1. The van der Waals surface area contributed by atoms with Gasteiger partial charge in [0.2, 0.25) is 0 Å². The van der Waals surface area contributed by atoms with Crippen molar-refractivity contribution < 1.29 is 0 Å². The van der Waals surface area contributed by atoms with E-state index < -0.39 is 0 Å². The summed E-state index contributed by atoms with van der Waals surface area (Å²) in [5, 5.41) is 1.49. The molecule has 4 heteroatoms. The normalized spacial score (nSPS) is 10.6. The molecule has 0 amide bonds. The highest BCUT2D eigenvalue weighted by Crippen LogP contribution is 2.32. The number of halogens is 2. The van der Waals surface area contributed by atoms with E-state index in [1.54, 1.807) is 17.8 Å². The Bertz CT molecular complexity index is 570. The van der Waals surface area contributed by atoms with E-state index in [-0.39, 0.29) is 0 Å². The predicted octanol–water partition coefficient (Wildman–Crippen LogP) is 5.18. The molecule has 0 atom stereocenters. The largest absolute Gasteiger partial charge is 0.398 e. The van der Waals surface area contributed by atoms with Crippen molar-refractivity contribution in [3.8, 4) is 0 Å². The SMILES string of the molecule is Cc1ccc(CSc2cc(Cl)ccc2N)c(Cl)c1. The Hall–Kier alpha value is -0.830. The van der Waals surface area contributed by atoms with Gasteiger partial charge in [-0.2, -0.15) is 0 Å². The predicted molar refractivity (Wildman–Crippen MR) is 81.6 cm³/mol. The lowest BCUT2D eigenvalue weighted by molar-refractivity contribution is 1.35. The summed E-state index contributed by atoms with van der Waals surface area (Å²) >= 11 is 13.8. The number of benzene rings is 2. The molecular weight excluding hydrogens is 285 g/mol. The zero-order chi connectivity index (χ0) is 13.1. The molecule has 0 radical (unpaired) electrons. The fraction of sp³-hybridized carbons (Fsp3) is 0.143. The third kappa shape index (κ3) is 3.35. The van der Waals surface area contributed by atoms with Gasteiger partial charge in [-0.05, 0) is 42.3 Å². The van der Waals surface area contributed by atoms with Gasteiger partial charge in [0, 0.05) is 26.4 Å². The van der Waals surface area contributed by atoms with Crippen molar-refractivity contribution in [1.82, 2.24) is 0 Å². The highest BCUT2D eigenvalue weighted by Gasteiger charge is 2.05. The molecule has 0 aliphatic carbocycles. The zero-order valence-corrected chi connectivity index (χ0v) is 12.2. The van der Waals surface area contributed by atoms with Crippen LogP contribution >= 0.6 is 35.0 Å². The Morgan fingerprint density at radius 3 is 2.61 bits per heavy atom. The van der Waals surface area contributed by atoms with E-state index >= 15 is 0 Å². The summed E-state index contributed by atoms with van der Waals surface area (Å²) in [5.74, 6) is 0.781. The first-order valence-electron chi connectivity index (χ1n) is 5.49. The van der Waals surface area contributed by atoms with Crippen LogP contribution in [-0.4, -0.2) is 0 Å². The van der Waals surface area contributed by atoms with Crippen molar-refractivity contribution in [3.05, 3.63) is 57.6 Å². The van der Waals surface area contributed by atoms with Crippen molar-refractivity contribution in [1.29, 1.82) is 0 Å². The number of nitrogen functional groups attached to an aromatic ring is 1. The van der Waals surface area contributed by atoms with Gasteiger partial charge in [0.15, 0.2) is 0 Å². The summed E-state index contributed by atoms with van der Waals surface area (Å²) in [4.78, 5) is 0.985. The van der Waals surface area contributed by atoms with Crippen molar-refractivity contribution in [2.75, 3.05) is 5.73 Å². The molecule has 0 saturated heterocycles. The molecule has 18 heavy (non-hydrogen) atoms. The summed E-state index contributed by atoms with van der Waals surface area (Å²) in [7, 11) is 0. The monoisotopic (exact) mass is 297 g/mol. The van der Waals surface area contributed by atoms with E-state index in [9.17, 15) is 0 Å². The molecule has 0 spiro atoms. The van der Waals surface area contributed by atoms with Crippen molar-refractivity contribution in [2.45, 2.75) is 17.6 Å². The lowest BCUT2D eigenvalue weighted by Crippen LogP contribution is -1.89. The smallest absolute Gasteiger partial charge is 0.0453 e. The lowest BCUT2D eigenvalue weighted by atomic mass is 10.2. The number of thioether (sulfide) groups is 1. The minimum atomic E-state index is 0.696. The van der Waals surface area contributed by atoms with Crippen LogP contribution in [0.2, 0.25) is 10.0 Å². The fourth-order valence-electron chi connectivity index (χ4n) is 1.56. The van der Waals surface area contributed by atoms with Crippen molar-refractivity contribution in [3.63, 3.8) is 0 Å². The van der Waals surface area contributed by atoms with E-state index in [1.807, 2.05) is 31.2 Å². The molecule has 0 heterocycles. The minimum absolute atomic E-state index is 0.696. The fourth-order valence-corrected chi connectivity index (χ4v) is 3.18. The summed E-state index contributed by atoms with van der Waals surface area (Å²) in [6.45, 7) is 2.03. The lowest BCUT2D eigenvalue weighted by Gasteiger charge is -2.08. The molecule has 0 aliphatic rings. The summed E-state index contributed by atoms with van der Waals surface area (Å²) < 4.78 is 0. The number of rotatable bonds is 3. The molecule has 2 N–H and O–H groups in total. The van der Waals surface area contributed by atoms with E-state index in [4.69, 9.17) is 28.9 Å². The molecule has 0 fully saturated rings. The van der Waals surface area contributed by atoms with Gasteiger partial charge in [-0.1, -0.05) is 35.3 Å². The van der Waals surface area contributed by atoms with Gasteiger partial charge in [0.25, 0.3) is 0 Å². The molecule has 0 aliphatic heterocycles. The maximum Gasteiger partial charge on any atom is 0.0453 e. The summed E-state index contributed by atoms with van der Waals surface area (Å²) in [6.07, 6.45) is 0. The minimum Gasteiger partial charge on any atom is -0.398 e. The van der Waals surface area contributed by atoms with Crippen LogP contribution in [0.15, 0.2) is 41.3 Å². The van der Waals surface area contributed by atoms with Crippen LogP contribution in [0.4, 0.5) is 5.69 Å². The molecule has 1 nitrogen and oxygen atoms in total. The van der Waals surface area contributed by atoms with Gasteiger partial charge in [-0.15, -0.1) is 11.8 Å². The Balaban J connectivity index is 2.13. The van der Waals surface area contributed by atoms with Crippen LogP contribution in [0.5, 0.6) is 0 Å². The Morgan fingerprint density at radius 1 is 1.11 bits per heavy atom. The van der Waals surface area contributed by atoms with Crippen LogP contribution in [0.1, 0.15) is 11.1 Å². The summed E-state index contributed by atoms with van der Waals surface area (Å²) in [5.41, 5.74) is 8.91. The first-order valence-corrected chi connectivity index (χ1v) is 7.23. The first-order chi connectivity index (χ1) is 8.56. The van der Waals surface area contributed by atoms with Gasteiger partial charge in [-0.25, -0.2) is 0 Å². The van der Waals surface area contributed by atoms with Gasteiger partial charge < -0.3 is 5.73 Å². The molecule has 0 saturated carbocycles. The zero-order valence-electron chi connectivity index (χ0n) is 9.91. The average molecular weight is 298 g/mol. The van der Waals surface area contributed by atoms with Crippen LogP contribution in [-0.2, 0) is 5.75 Å². The number of anilines is 1. The van der Waals surface area contributed by atoms with Gasteiger partial charge in [0.1, 0.15) is 0 Å². The van der Waals surface area contributed by atoms with Crippen LogP contribution in [0.3, 0.4) is 0 Å². The van der Waals surface area contributed by atoms with Crippen molar-refractivity contribution >= 4 is 40.7 Å². The maximum absolute atomic E-state index is 6.20. The molecular formula is C14H13Cl2NS. The molecule has 2 aromatic carbocycles. The van der Waals surface area contributed by atoms with Gasteiger partial charge >= 0.3 is 0 Å². The standard InChI is InChI=1S/C14H13Cl2NS/c1-9-2-3-10(12(16)6-9)8-18-14-7-11(15)4-5-13(14)17/h2-7H,8,17H2,1H3. The molecule has 0 unspecified atom stereocenters. The highest BCUT2D eigenvalue weighted by atomic mass is 35.5. The average Bonchev–Trinajstić information content (AvgIpc) is 2.32. The van der Waals surface area contributed by atoms with Crippen LogP contribution in [0, 0.1) is 6.92 Å². The Kier molecular flexibility index (Phi) is 4.44. The van der Waals surface area contributed by atoms with Crippen LogP contribution in [0.25, 0.3) is 0 Å². The molecule has 0 aromatic heterocycles. The summed E-state index contributed by atoms with van der Waals surface area (Å²) in [6, 6.07) is 11.6. The molecule has 2 aromatic rings. The van der Waals surface area contributed by atoms with E-state index in [0.29, 0.717) is 5.02 Å². The second kappa shape index (κ2) is 5.87. The third-order valence-corrected chi connectivity index (χ3v) is 4.27. The van der Waals surface area contributed by atoms with Gasteiger partial charge in [0.05, 0.1) is 0 Å². The first kappa shape index (κ1) is 13.6. The van der Waals surface area contributed by atoms with Crippen LogP contribution < -0.4 is 5.73 Å². The maximum atomic E-state index is 6.20.